The van der Waals surface area contributed by atoms with Crippen LogP contribution in [0.1, 0.15) is 0 Å². The summed E-state index contributed by atoms with van der Waals surface area (Å²) in [5, 5.41) is 8.40. The van der Waals surface area contributed by atoms with Crippen LogP contribution in [0.4, 0.5) is 5.69 Å². The zero-order valence-corrected chi connectivity index (χ0v) is 9.78. The molecule has 1 aromatic carbocycles. The standard InChI is InChI=1S/C12H9N7/c13-8-3-1-7(2-4-8)11-17-18-12-9-10(15-5-14-9)16-6-19(11)12/h1-6H,13H2,(H,14,15). The fourth-order valence-corrected chi connectivity index (χ4v) is 2.06. The van der Waals surface area contributed by atoms with Gasteiger partial charge < -0.3 is 10.7 Å². The number of aromatic nitrogens is 6. The number of nitrogens with one attached hydrogen (secondary N) is 1. The van der Waals surface area contributed by atoms with Crippen LogP contribution < -0.4 is 5.73 Å². The SMILES string of the molecule is Nc1ccc(-c2nnc3c4[nH]cnc4ncn23)cc1. The predicted molar refractivity (Wildman–Crippen MR) is 70.3 cm³/mol. The summed E-state index contributed by atoms with van der Waals surface area (Å²) in [5.41, 5.74) is 9.44. The number of anilines is 1. The summed E-state index contributed by atoms with van der Waals surface area (Å²) >= 11 is 0. The molecule has 4 rings (SSSR count). The van der Waals surface area contributed by atoms with Crippen molar-refractivity contribution in [2.24, 2.45) is 0 Å². The van der Waals surface area contributed by atoms with Crippen LogP contribution >= 0.6 is 0 Å². The number of hydrogen-bond acceptors (Lipinski definition) is 5. The van der Waals surface area contributed by atoms with Crippen molar-refractivity contribution in [2.45, 2.75) is 0 Å². The topological polar surface area (TPSA) is 97.8 Å². The van der Waals surface area contributed by atoms with Crippen LogP contribution in [0.25, 0.3) is 28.2 Å². The fraction of sp³-hybridized carbons (Fsp3) is 0. The molecule has 3 N–H and O–H groups in total. The molecule has 0 amide bonds. The first kappa shape index (κ1) is 10.0. The molecule has 7 nitrogen and oxygen atoms in total. The van der Waals surface area contributed by atoms with Gasteiger partial charge >= 0.3 is 0 Å². The Kier molecular flexibility index (Phi) is 1.85. The van der Waals surface area contributed by atoms with Gasteiger partial charge in [-0.25, -0.2) is 9.97 Å². The van der Waals surface area contributed by atoms with Crippen molar-refractivity contribution >= 4 is 22.5 Å². The smallest absolute Gasteiger partial charge is 0.190 e. The summed E-state index contributed by atoms with van der Waals surface area (Å²) in [7, 11) is 0. The van der Waals surface area contributed by atoms with Crippen molar-refractivity contribution in [3.05, 3.63) is 36.9 Å². The molecule has 0 atom stereocenters. The molecule has 0 fully saturated rings. The van der Waals surface area contributed by atoms with Gasteiger partial charge in [-0.1, -0.05) is 0 Å². The Bertz CT molecular complexity index is 872. The molecular formula is C12H9N7. The molecule has 3 heterocycles. The number of nitrogens with zero attached hydrogens (tertiary/aromatic N) is 5. The number of fused-ring (bicyclic) bond motifs is 3. The number of nitrogens with two attached hydrogens (primary N) is 1. The third-order valence-electron chi connectivity index (χ3n) is 3.00. The molecule has 92 valence electrons. The molecular weight excluding hydrogens is 242 g/mol. The lowest BCUT2D eigenvalue weighted by Crippen LogP contribution is -1.92. The third kappa shape index (κ3) is 1.38. The van der Waals surface area contributed by atoms with Gasteiger partial charge in [-0.15, -0.1) is 10.2 Å². The number of nitrogen functional groups attached to an aromatic ring is 1. The van der Waals surface area contributed by atoms with Crippen molar-refractivity contribution in [2.75, 3.05) is 5.73 Å². The Morgan fingerprint density at radius 2 is 1.89 bits per heavy atom. The second-order valence-electron chi connectivity index (χ2n) is 4.18. The molecule has 0 aliphatic rings. The van der Waals surface area contributed by atoms with Gasteiger partial charge in [0, 0.05) is 11.3 Å². The minimum Gasteiger partial charge on any atom is -0.399 e. The van der Waals surface area contributed by atoms with E-state index in [1.807, 2.05) is 28.7 Å². The number of rotatable bonds is 1. The van der Waals surface area contributed by atoms with Gasteiger partial charge in [0.1, 0.15) is 11.8 Å². The second-order valence-corrected chi connectivity index (χ2v) is 4.18. The van der Waals surface area contributed by atoms with E-state index in [9.17, 15) is 0 Å². The maximum absolute atomic E-state index is 5.68. The molecule has 0 spiro atoms. The van der Waals surface area contributed by atoms with Crippen LogP contribution in [0.2, 0.25) is 0 Å². The first-order valence-corrected chi connectivity index (χ1v) is 5.71. The highest BCUT2D eigenvalue weighted by molar-refractivity contribution is 5.85. The summed E-state index contributed by atoms with van der Waals surface area (Å²) in [6, 6.07) is 7.48. The average Bonchev–Trinajstić information content (AvgIpc) is 3.04. The van der Waals surface area contributed by atoms with Crippen molar-refractivity contribution in [3.63, 3.8) is 0 Å². The average molecular weight is 251 g/mol. The van der Waals surface area contributed by atoms with Gasteiger partial charge in [-0.05, 0) is 24.3 Å². The zero-order chi connectivity index (χ0) is 12.8. The van der Waals surface area contributed by atoms with Crippen molar-refractivity contribution in [1.82, 2.24) is 29.5 Å². The van der Waals surface area contributed by atoms with Gasteiger partial charge in [0.2, 0.25) is 0 Å². The van der Waals surface area contributed by atoms with Crippen LogP contribution in [-0.4, -0.2) is 29.5 Å². The minimum atomic E-state index is 0.628. The summed E-state index contributed by atoms with van der Waals surface area (Å²) in [4.78, 5) is 11.4. The molecule has 0 aliphatic carbocycles. The number of hydrogen-bond donors (Lipinski definition) is 2. The van der Waals surface area contributed by atoms with Crippen LogP contribution in [0.15, 0.2) is 36.9 Å². The molecule has 0 radical (unpaired) electrons. The van der Waals surface area contributed by atoms with E-state index in [1.165, 1.54) is 0 Å². The molecule has 0 bridgehead atoms. The normalized spacial score (nSPS) is 11.4. The maximum atomic E-state index is 5.68. The van der Waals surface area contributed by atoms with Gasteiger partial charge in [0.25, 0.3) is 0 Å². The number of imidazole rings is 1. The lowest BCUT2D eigenvalue weighted by molar-refractivity contribution is 1.09. The largest absolute Gasteiger partial charge is 0.399 e. The summed E-state index contributed by atoms with van der Waals surface area (Å²) in [6.45, 7) is 0. The van der Waals surface area contributed by atoms with Crippen molar-refractivity contribution in [3.8, 4) is 11.4 Å². The maximum Gasteiger partial charge on any atom is 0.190 e. The lowest BCUT2D eigenvalue weighted by atomic mass is 10.2. The number of benzene rings is 1. The van der Waals surface area contributed by atoms with E-state index in [1.54, 1.807) is 12.7 Å². The van der Waals surface area contributed by atoms with Crippen LogP contribution in [-0.2, 0) is 0 Å². The monoisotopic (exact) mass is 251 g/mol. The Morgan fingerprint density at radius 1 is 1.05 bits per heavy atom. The highest BCUT2D eigenvalue weighted by atomic mass is 15.3. The second kappa shape index (κ2) is 3.52. The third-order valence-corrected chi connectivity index (χ3v) is 3.00. The molecule has 0 unspecified atom stereocenters. The van der Waals surface area contributed by atoms with E-state index in [0.717, 1.165) is 16.9 Å². The molecule has 19 heavy (non-hydrogen) atoms. The Hall–Kier alpha value is -2.96. The first-order valence-electron chi connectivity index (χ1n) is 5.71. The lowest BCUT2D eigenvalue weighted by Gasteiger charge is -2.00. The summed E-state index contributed by atoms with van der Waals surface area (Å²) < 4.78 is 1.83. The Labute approximate surface area is 107 Å². The van der Waals surface area contributed by atoms with E-state index in [-0.39, 0.29) is 0 Å². The Balaban J connectivity index is 2.02. The van der Waals surface area contributed by atoms with Crippen LogP contribution in [0, 0.1) is 0 Å². The van der Waals surface area contributed by atoms with E-state index >= 15 is 0 Å². The highest BCUT2D eigenvalue weighted by Gasteiger charge is 2.12. The highest BCUT2D eigenvalue weighted by Crippen LogP contribution is 2.21. The molecule has 3 aromatic heterocycles. The molecule has 0 saturated carbocycles. The fourth-order valence-electron chi connectivity index (χ4n) is 2.06. The van der Waals surface area contributed by atoms with Crippen LogP contribution in [0.5, 0.6) is 0 Å². The van der Waals surface area contributed by atoms with Crippen LogP contribution in [0.3, 0.4) is 0 Å². The van der Waals surface area contributed by atoms with Gasteiger partial charge in [0.15, 0.2) is 17.1 Å². The van der Waals surface area contributed by atoms with Gasteiger partial charge in [-0.2, -0.15) is 0 Å². The first-order chi connectivity index (χ1) is 9.33. The minimum absolute atomic E-state index is 0.628. The van der Waals surface area contributed by atoms with Crippen molar-refractivity contribution in [1.29, 1.82) is 0 Å². The molecule has 7 heteroatoms. The summed E-state index contributed by atoms with van der Waals surface area (Å²) in [5.74, 6) is 0.721. The van der Waals surface area contributed by atoms with E-state index < -0.39 is 0 Å². The van der Waals surface area contributed by atoms with E-state index in [0.29, 0.717) is 17.0 Å². The van der Waals surface area contributed by atoms with E-state index in [2.05, 4.69) is 25.1 Å². The van der Waals surface area contributed by atoms with Gasteiger partial charge in [-0.3, -0.25) is 4.40 Å². The van der Waals surface area contributed by atoms with Crippen molar-refractivity contribution < 1.29 is 0 Å². The quantitative estimate of drug-likeness (QED) is 0.496. The molecule has 0 aliphatic heterocycles. The molecule has 0 saturated heterocycles. The summed E-state index contributed by atoms with van der Waals surface area (Å²) in [6.07, 6.45) is 3.26. The predicted octanol–water partition coefficient (Wildman–Crippen LogP) is 1.25. The number of aromatic amines is 1. The number of H-pyrrole nitrogens is 1. The Morgan fingerprint density at radius 3 is 2.74 bits per heavy atom. The zero-order valence-electron chi connectivity index (χ0n) is 9.78. The van der Waals surface area contributed by atoms with E-state index in [4.69, 9.17) is 5.73 Å². The van der Waals surface area contributed by atoms with Gasteiger partial charge in [0.05, 0.1) is 6.33 Å². The molecule has 4 aromatic rings.